The van der Waals surface area contributed by atoms with Crippen LogP contribution in [0.15, 0.2) is 18.2 Å². The Morgan fingerprint density at radius 2 is 1.74 bits per heavy atom. The summed E-state index contributed by atoms with van der Waals surface area (Å²) in [6.07, 6.45) is 2.15. The molecule has 0 radical (unpaired) electrons. The highest BCUT2D eigenvalue weighted by atomic mass is 16.5. The van der Waals surface area contributed by atoms with Gasteiger partial charge in [0, 0.05) is 5.92 Å². The summed E-state index contributed by atoms with van der Waals surface area (Å²) in [4.78, 5) is 12.3. The number of hydrogen-bond acceptors (Lipinski definition) is 3. The van der Waals surface area contributed by atoms with Crippen LogP contribution in [0.25, 0.3) is 0 Å². The lowest BCUT2D eigenvalue weighted by Crippen LogP contribution is -2.12. The van der Waals surface area contributed by atoms with Crippen LogP contribution in [0.1, 0.15) is 50.9 Å². The quantitative estimate of drug-likeness (QED) is 0.730. The van der Waals surface area contributed by atoms with Gasteiger partial charge in [0.05, 0.1) is 17.8 Å². The Morgan fingerprint density at radius 3 is 2.26 bits per heavy atom. The molecule has 19 heavy (non-hydrogen) atoms. The summed E-state index contributed by atoms with van der Waals surface area (Å²) in [6, 6.07) is 5.52. The van der Waals surface area contributed by atoms with Gasteiger partial charge in [0.15, 0.2) is 5.78 Å². The Morgan fingerprint density at radius 1 is 1.11 bits per heavy atom. The zero-order valence-corrected chi connectivity index (χ0v) is 12.1. The number of rotatable bonds is 6. The lowest BCUT2D eigenvalue weighted by molar-refractivity contribution is 0.0961. The van der Waals surface area contributed by atoms with Gasteiger partial charge in [-0.3, -0.25) is 4.79 Å². The lowest BCUT2D eigenvalue weighted by atomic mass is 10.1. The fraction of sp³-hybridized carbons (Fsp3) is 0.562. The van der Waals surface area contributed by atoms with Crippen LogP contribution in [0.5, 0.6) is 11.5 Å². The van der Waals surface area contributed by atoms with E-state index in [2.05, 4.69) is 0 Å². The number of carbonyl (C=O) groups is 1. The fourth-order valence-corrected chi connectivity index (χ4v) is 1.97. The van der Waals surface area contributed by atoms with Crippen LogP contribution in [0.3, 0.4) is 0 Å². The van der Waals surface area contributed by atoms with Crippen molar-refractivity contribution in [1.82, 2.24) is 0 Å². The Bertz CT molecular complexity index is 459. The predicted octanol–water partition coefficient (Wildman–Crippen LogP) is 3.85. The van der Waals surface area contributed by atoms with Crippen molar-refractivity contribution in [3.05, 3.63) is 23.8 Å². The van der Waals surface area contributed by atoms with Crippen LogP contribution in [0.4, 0.5) is 0 Å². The normalized spacial score (nSPS) is 14.8. The molecular weight excluding hydrogens is 240 g/mol. The SMILES string of the molecule is CC(C)Oc1ccc(OC(C)C)c(C(=O)C2CC2)c1. The number of benzene rings is 1. The molecule has 0 aromatic heterocycles. The molecule has 0 spiro atoms. The van der Waals surface area contributed by atoms with Crippen LogP contribution >= 0.6 is 0 Å². The second-order valence-electron chi connectivity index (χ2n) is 5.63. The molecule has 1 saturated carbocycles. The zero-order chi connectivity index (χ0) is 14.0. The third kappa shape index (κ3) is 3.72. The molecule has 0 heterocycles. The minimum atomic E-state index is 0.0580. The zero-order valence-electron chi connectivity index (χ0n) is 12.1. The van der Waals surface area contributed by atoms with Gasteiger partial charge < -0.3 is 9.47 Å². The van der Waals surface area contributed by atoms with Gasteiger partial charge in [-0.15, -0.1) is 0 Å². The van der Waals surface area contributed by atoms with E-state index in [0.717, 1.165) is 18.6 Å². The first kappa shape index (κ1) is 13.9. The number of hydrogen-bond donors (Lipinski definition) is 0. The first-order valence-corrected chi connectivity index (χ1v) is 6.99. The van der Waals surface area contributed by atoms with E-state index in [4.69, 9.17) is 9.47 Å². The highest BCUT2D eigenvalue weighted by Gasteiger charge is 2.32. The van der Waals surface area contributed by atoms with Gasteiger partial charge >= 0.3 is 0 Å². The molecule has 1 aliphatic rings. The van der Waals surface area contributed by atoms with Crippen molar-refractivity contribution >= 4 is 5.78 Å². The first-order chi connectivity index (χ1) is 8.97. The molecule has 0 atom stereocenters. The monoisotopic (exact) mass is 262 g/mol. The van der Waals surface area contributed by atoms with Crippen molar-refractivity contribution in [3.63, 3.8) is 0 Å². The van der Waals surface area contributed by atoms with E-state index in [0.29, 0.717) is 11.3 Å². The maximum Gasteiger partial charge on any atom is 0.169 e. The average Bonchev–Trinajstić information content (AvgIpc) is 3.12. The van der Waals surface area contributed by atoms with E-state index in [1.165, 1.54) is 0 Å². The van der Waals surface area contributed by atoms with Gasteiger partial charge in [-0.05, 0) is 58.7 Å². The molecule has 3 heteroatoms. The molecule has 2 rings (SSSR count). The number of ketones is 1. The summed E-state index contributed by atoms with van der Waals surface area (Å²) in [6.45, 7) is 7.87. The van der Waals surface area contributed by atoms with Crippen LogP contribution in [-0.4, -0.2) is 18.0 Å². The van der Waals surface area contributed by atoms with Crippen molar-refractivity contribution in [1.29, 1.82) is 0 Å². The molecule has 1 aromatic carbocycles. The Balaban J connectivity index is 2.29. The summed E-state index contributed by atoms with van der Waals surface area (Å²) in [5.41, 5.74) is 0.661. The van der Waals surface area contributed by atoms with Gasteiger partial charge in [-0.25, -0.2) is 0 Å². The second kappa shape index (κ2) is 5.64. The molecule has 0 bridgehead atoms. The van der Waals surface area contributed by atoms with Gasteiger partial charge in [0.25, 0.3) is 0 Å². The molecule has 0 saturated heterocycles. The molecule has 0 amide bonds. The molecule has 3 nitrogen and oxygen atoms in total. The van der Waals surface area contributed by atoms with E-state index < -0.39 is 0 Å². The standard InChI is InChI=1S/C16H22O3/c1-10(2)18-13-7-8-15(19-11(3)4)14(9-13)16(17)12-5-6-12/h7-12H,5-6H2,1-4H3. The minimum absolute atomic E-state index is 0.0580. The van der Waals surface area contributed by atoms with Gasteiger partial charge in [0.1, 0.15) is 11.5 Å². The second-order valence-corrected chi connectivity index (χ2v) is 5.63. The van der Waals surface area contributed by atoms with Crippen molar-refractivity contribution in [2.24, 2.45) is 5.92 Å². The van der Waals surface area contributed by atoms with Gasteiger partial charge in [-0.1, -0.05) is 0 Å². The average molecular weight is 262 g/mol. The highest BCUT2D eigenvalue weighted by Crippen LogP contribution is 2.37. The topological polar surface area (TPSA) is 35.5 Å². The molecular formula is C16H22O3. The summed E-state index contributed by atoms with van der Waals surface area (Å²) >= 11 is 0. The fourth-order valence-electron chi connectivity index (χ4n) is 1.97. The highest BCUT2D eigenvalue weighted by molar-refractivity contribution is 6.02. The first-order valence-electron chi connectivity index (χ1n) is 6.99. The van der Waals surface area contributed by atoms with E-state index in [1.54, 1.807) is 0 Å². The molecule has 1 aliphatic carbocycles. The maximum atomic E-state index is 12.3. The van der Waals surface area contributed by atoms with Gasteiger partial charge in [-0.2, -0.15) is 0 Å². The van der Waals surface area contributed by atoms with Crippen molar-refractivity contribution < 1.29 is 14.3 Å². The van der Waals surface area contributed by atoms with Crippen LogP contribution in [-0.2, 0) is 0 Å². The van der Waals surface area contributed by atoms with Crippen molar-refractivity contribution in [2.75, 3.05) is 0 Å². The molecule has 1 aromatic rings. The third-order valence-corrected chi connectivity index (χ3v) is 2.90. The molecule has 1 fully saturated rings. The largest absolute Gasteiger partial charge is 0.491 e. The summed E-state index contributed by atoms with van der Waals surface area (Å²) in [5, 5.41) is 0. The van der Waals surface area contributed by atoms with Crippen molar-refractivity contribution in [2.45, 2.75) is 52.7 Å². The van der Waals surface area contributed by atoms with Crippen LogP contribution in [0.2, 0.25) is 0 Å². The predicted molar refractivity (Wildman–Crippen MR) is 75.0 cm³/mol. The maximum absolute atomic E-state index is 12.3. The minimum Gasteiger partial charge on any atom is -0.491 e. The van der Waals surface area contributed by atoms with E-state index in [-0.39, 0.29) is 23.9 Å². The molecule has 0 N–H and O–H groups in total. The van der Waals surface area contributed by atoms with E-state index in [9.17, 15) is 4.79 Å². The number of ether oxygens (including phenoxy) is 2. The van der Waals surface area contributed by atoms with Crippen LogP contribution < -0.4 is 9.47 Å². The summed E-state index contributed by atoms with van der Waals surface area (Å²) < 4.78 is 11.4. The smallest absolute Gasteiger partial charge is 0.169 e. The Kier molecular flexibility index (Phi) is 4.13. The summed E-state index contributed by atoms with van der Waals surface area (Å²) in [5.74, 6) is 1.77. The third-order valence-electron chi connectivity index (χ3n) is 2.90. The molecule has 0 aliphatic heterocycles. The Labute approximate surface area is 114 Å². The summed E-state index contributed by atoms with van der Waals surface area (Å²) in [7, 11) is 0. The number of carbonyl (C=O) groups excluding carboxylic acids is 1. The van der Waals surface area contributed by atoms with E-state index >= 15 is 0 Å². The molecule has 0 unspecified atom stereocenters. The molecule has 104 valence electrons. The lowest BCUT2D eigenvalue weighted by Gasteiger charge is -2.16. The van der Waals surface area contributed by atoms with Gasteiger partial charge in [0.2, 0.25) is 0 Å². The van der Waals surface area contributed by atoms with Crippen LogP contribution in [0, 0.1) is 5.92 Å². The number of Topliss-reactive ketones (excluding diaryl/α,β-unsaturated/α-hetero) is 1. The van der Waals surface area contributed by atoms with E-state index in [1.807, 2.05) is 45.9 Å². The Hall–Kier alpha value is -1.51. The van der Waals surface area contributed by atoms with Crippen molar-refractivity contribution in [3.8, 4) is 11.5 Å².